The van der Waals surface area contributed by atoms with Gasteiger partial charge in [0, 0.05) is 29.6 Å². The molecular weight excluding hydrogens is 420 g/mol. The van der Waals surface area contributed by atoms with Gasteiger partial charge in [0.25, 0.3) is 0 Å². The van der Waals surface area contributed by atoms with Crippen LogP contribution < -0.4 is 10.1 Å². The molecule has 4 rings (SSSR count). The highest BCUT2D eigenvalue weighted by molar-refractivity contribution is 7.13. The minimum Gasteiger partial charge on any atom is -0.497 e. The number of piperidine rings is 1. The lowest BCUT2D eigenvalue weighted by molar-refractivity contribution is -0.121. The van der Waals surface area contributed by atoms with Gasteiger partial charge in [0.05, 0.1) is 17.8 Å². The van der Waals surface area contributed by atoms with E-state index in [-0.39, 0.29) is 11.8 Å². The Labute approximate surface area is 184 Å². The van der Waals surface area contributed by atoms with Crippen LogP contribution in [-0.4, -0.2) is 41.0 Å². The molecule has 1 saturated heterocycles. The molecule has 0 bridgehead atoms. The van der Waals surface area contributed by atoms with Gasteiger partial charge in [0.2, 0.25) is 5.91 Å². The third kappa shape index (κ3) is 5.16. The molecule has 1 aliphatic rings. The van der Waals surface area contributed by atoms with E-state index in [1.807, 2.05) is 24.3 Å². The first kappa shape index (κ1) is 20.8. The van der Waals surface area contributed by atoms with E-state index in [0.29, 0.717) is 10.8 Å². The number of carbonyl (C=O) groups excluding carboxylic acids is 1. The van der Waals surface area contributed by atoms with Crippen LogP contribution in [0.25, 0.3) is 10.6 Å². The van der Waals surface area contributed by atoms with E-state index < -0.39 is 0 Å². The molecule has 1 aliphatic heterocycles. The second kappa shape index (κ2) is 9.55. The fourth-order valence-electron chi connectivity index (χ4n) is 3.53. The van der Waals surface area contributed by atoms with Crippen LogP contribution in [0.15, 0.2) is 48.0 Å². The van der Waals surface area contributed by atoms with E-state index in [2.05, 4.69) is 20.6 Å². The zero-order valence-electron chi connectivity index (χ0n) is 16.7. The van der Waals surface area contributed by atoms with Crippen molar-refractivity contribution in [3.05, 3.63) is 58.7 Å². The van der Waals surface area contributed by atoms with Crippen molar-refractivity contribution in [2.24, 2.45) is 5.92 Å². The van der Waals surface area contributed by atoms with Crippen molar-refractivity contribution >= 4 is 34.7 Å². The molecule has 6 nitrogen and oxygen atoms in total. The highest BCUT2D eigenvalue weighted by Gasteiger charge is 2.25. The Morgan fingerprint density at radius 1 is 1.30 bits per heavy atom. The van der Waals surface area contributed by atoms with Crippen LogP contribution >= 0.6 is 22.9 Å². The SMILES string of the molecule is COc1cccc(-c2nc(CN3CCC(C(=O)Nc4ccc(Cl)cn4)CC3)cs2)c1. The fourth-order valence-corrected chi connectivity index (χ4v) is 4.45. The van der Waals surface area contributed by atoms with Crippen LogP contribution in [0.2, 0.25) is 5.02 Å². The van der Waals surface area contributed by atoms with Crippen molar-refractivity contribution in [3.63, 3.8) is 0 Å². The summed E-state index contributed by atoms with van der Waals surface area (Å²) in [5.41, 5.74) is 2.13. The lowest BCUT2D eigenvalue weighted by Crippen LogP contribution is -2.37. The van der Waals surface area contributed by atoms with Gasteiger partial charge in [-0.05, 0) is 50.2 Å². The van der Waals surface area contributed by atoms with E-state index >= 15 is 0 Å². The summed E-state index contributed by atoms with van der Waals surface area (Å²) in [6.45, 7) is 2.55. The number of rotatable bonds is 6. The third-order valence-corrected chi connectivity index (χ3v) is 6.35. The first-order chi connectivity index (χ1) is 14.6. The third-order valence-electron chi connectivity index (χ3n) is 5.19. The number of anilines is 1. The number of halogens is 1. The average molecular weight is 443 g/mol. The summed E-state index contributed by atoms with van der Waals surface area (Å²) in [6.07, 6.45) is 3.19. The number of thiazole rings is 1. The highest BCUT2D eigenvalue weighted by Crippen LogP contribution is 2.28. The lowest BCUT2D eigenvalue weighted by Gasteiger charge is -2.30. The number of likely N-dealkylation sites (tertiary alicyclic amines) is 1. The van der Waals surface area contributed by atoms with Gasteiger partial charge in [-0.2, -0.15) is 0 Å². The van der Waals surface area contributed by atoms with Crippen molar-refractivity contribution in [1.29, 1.82) is 0 Å². The average Bonchev–Trinajstić information content (AvgIpc) is 3.24. The standard InChI is InChI=1S/C22H23ClN4O2S/c1-29-19-4-2-3-16(11-19)22-25-18(14-30-22)13-27-9-7-15(8-10-27)21(28)26-20-6-5-17(23)12-24-20/h2-6,11-12,14-15H,7-10,13H2,1H3,(H,24,26,28). The molecule has 0 saturated carbocycles. The molecule has 3 heterocycles. The Morgan fingerprint density at radius 3 is 2.87 bits per heavy atom. The predicted octanol–water partition coefficient (Wildman–Crippen LogP) is 4.72. The summed E-state index contributed by atoms with van der Waals surface area (Å²) >= 11 is 7.48. The van der Waals surface area contributed by atoms with E-state index in [4.69, 9.17) is 21.3 Å². The number of hydrogen-bond acceptors (Lipinski definition) is 6. The number of nitrogens with zero attached hydrogens (tertiary/aromatic N) is 3. The van der Waals surface area contributed by atoms with Crippen LogP contribution in [0, 0.1) is 5.92 Å². The Hall–Kier alpha value is -2.48. The van der Waals surface area contributed by atoms with Gasteiger partial charge < -0.3 is 10.1 Å². The summed E-state index contributed by atoms with van der Waals surface area (Å²) in [4.78, 5) is 23.8. The molecule has 0 aliphatic carbocycles. The Bertz CT molecular complexity index is 1000. The second-order valence-electron chi connectivity index (χ2n) is 7.28. The molecule has 1 fully saturated rings. The molecule has 1 amide bonds. The minimum absolute atomic E-state index is 0.00139. The molecule has 30 heavy (non-hydrogen) atoms. The van der Waals surface area contributed by atoms with Crippen LogP contribution in [0.5, 0.6) is 5.75 Å². The number of pyridine rings is 1. The zero-order chi connectivity index (χ0) is 20.9. The second-order valence-corrected chi connectivity index (χ2v) is 8.57. The Balaban J connectivity index is 1.29. The monoisotopic (exact) mass is 442 g/mol. The largest absolute Gasteiger partial charge is 0.497 e. The number of carbonyl (C=O) groups is 1. The summed E-state index contributed by atoms with van der Waals surface area (Å²) in [7, 11) is 1.67. The number of hydrogen-bond donors (Lipinski definition) is 1. The minimum atomic E-state index is 0.00139. The number of benzene rings is 1. The topological polar surface area (TPSA) is 67.3 Å². The Morgan fingerprint density at radius 2 is 2.13 bits per heavy atom. The van der Waals surface area contributed by atoms with Crippen LogP contribution in [0.4, 0.5) is 5.82 Å². The van der Waals surface area contributed by atoms with E-state index in [0.717, 1.165) is 54.5 Å². The first-order valence-corrected chi connectivity index (χ1v) is 11.1. The predicted molar refractivity (Wildman–Crippen MR) is 120 cm³/mol. The van der Waals surface area contributed by atoms with Crippen LogP contribution in [0.3, 0.4) is 0 Å². The van der Waals surface area contributed by atoms with Crippen molar-refractivity contribution in [2.45, 2.75) is 19.4 Å². The normalized spacial score (nSPS) is 15.1. The zero-order valence-corrected chi connectivity index (χ0v) is 18.2. The number of nitrogens with one attached hydrogen (secondary N) is 1. The number of ether oxygens (including phenoxy) is 1. The number of amides is 1. The first-order valence-electron chi connectivity index (χ1n) is 9.84. The van der Waals surface area contributed by atoms with E-state index in [1.54, 1.807) is 30.6 Å². The quantitative estimate of drug-likeness (QED) is 0.598. The van der Waals surface area contributed by atoms with Gasteiger partial charge in [-0.15, -0.1) is 11.3 Å². The van der Waals surface area contributed by atoms with Crippen LogP contribution in [0.1, 0.15) is 18.5 Å². The molecule has 156 valence electrons. The van der Waals surface area contributed by atoms with Gasteiger partial charge in [-0.25, -0.2) is 9.97 Å². The van der Waals surface area contributed by atoms with E-state index in [9.17, 15) is 4.79 Å². The molecule has 2 aromatic heterocycles. The maximum atomic E-state index is 12.5. The molecule has 0 unspecified atom stereocenters. The van der Waals surface area contributed by atoms with Gasteiger partial charge in [-0.1, -0.05) is 23.7 Å². The fraction of sp³-hybridized carbons (Fsp3) is 0.318. The molecule has 0 spiro atoms. The smallest absolute Gasteiger partial charge is 0.228 e. The molecule has 8 heteroatoms. The molecular formula is C22H23ClN4O2S. The summed E-state index contributed by atoms with van der Waals surface area (Å²) in [5, 5.41) is 6.54. The lowest BCUT2D eigenvalue weighted by atomic mass is 9.96. The van der Waals surface area contributed by atoms with Crippen molar-refractivity contribution in [1.82, 2.24) is 14.9 Å². The van der Waals surface area contributed by atoms with Gasteiger partial charge in [0.1, 0.15) is 16.6 Å². The molecule has 3 aromatic rings. The highest BCUT2D eigenvalue weighted by atomic mass is 35.5. The van der Waals surface area contributed by atoms with E-state index in [1.165, 1.54) is 6.20 Å². The molecule has 1 aromatic carbocycles. The molecule has 1 N–H and O–H groups in total. The van der Waals surface area contributed by atoms with Gasteiger partial charge >= 0.3 is 0 Å². The van der Waals surface area contributed by atoms with Crippen molar-refractivity contribution < 1.29 is 9.53 Å². The van der Waals surface area contributed by atoms with Gasteiger partial charge in [0.15, 0.2) is 0 Å². The molecule has 0 atom stereocenters. The van der Waals surface area contributed by atoms with Gasteiger partial charge in [-0.3, -0.25) is 9.69 Å². The van der Waals surface area contributed by atoms with Crippen LogP contribution in [-0.2, 0) is 11.3 Å². The van der Waals surface area contributed by atoms with Crippen molar-refractivity contribution in [3.8, 4) is 16.3 Å². The summed E-state index contributed by atoms with van der Waals surface area (Å²) in [5.74, 6) is 1.40. The summed E-state index contributed by atoms with van der Waals surface area (Å²) in [6, 6.07) is 11.4. The Kier molecular flexibility index (Phi) is 6.62. The molecule has 0 radical (unpaired) electrons. The maximum Gasteiger partial charge on any atom is 0.228 e. The number of aromatic nitrogens is 2. The van der Waals surface area contributed by atoms with Crippen molar-refractivity contribution in [2.75, 3.05) is 25.5 Å². The maximum absolute atomic E-state index is 12.5. The number of methoxy groups -OCH3 is 1. The summed E-state index contributed by atoms with van der Waals surface area (Å²) < 4.78 is 5.30.